The van der Waals surface area contributed by atoms with Crippen molar-refractivity contribution in [2.24, 2.45) is 5.92 Å². The average molecular weight is 382 g/mol. The highest BCUT2D eigenvalue weighted by atomic mass is 16.7. The van der Waals surface area contributed by atoms with E-state index in [4.69, 9.17) is 18.9 Å². The number of hydrogen-bond donors (Lipinski definition) is 1. The summed E-state index contributed by atoms with van der Waals surface area (Å²) in [6.07, 6.45) is 0.385. The molecule has 2 amide bonds. The van der Waals surface area contributed by atoms with Gasteiger partial charge in [-0.2, -0.15) is 0 Å². The van der Waals surface area contributed by atoms with Crippen LogP contribution in [0.25, 0.3) is 0 Å². The molecule has 0 saturated carbocycles. The van der Waals surface area contributed by atoms with Crippen LogP contribution in [-0.4, -0.2) is 38.5 Å². The number of rotatable bonds is 4. The average Bonchev–Trinajstić information content (AvgIpc) is 3.44. The highest BCUT2D eigenvalue weighted by Crippen LogP contribution is 2.37. The number of nitrogens with zero attached hydrogens (tertiary/aromatic N) is 1. The fraction of sp³-hybridized carbons (Fsp3) is 0.300. The SMILES string of the molecule is O=C(NCC1CC(=O)N(c2ccc3c(c2)OCO3)C1)c1ccc2c(c1)OCO2. The first-order valence-electron chi connectivity index (χ1n) is 9.05. The van der Waals surface area contributed by atoms with E-state index in [1.54, 1.807) is 29.2 Å². The number of anilines is 1. The normalized spacial score (nSPS) is 19.2. The van der Waals surface area contributed by atoms with E-state index in [-0.39, 0.29) is 31.3 Å². The number of fused-ring (bicyclic) bond motifs is 2. The molecule has 144 valence electrons. The zero-order valence-electron chi connectivity index (χ0n) is 15.0. The van der Waals surface area contributed by atoms with Gasteiger partial charge in [-0.3, -0.25) is 9.59 Å². The summed E-state index contributed by atoms with van der Waals surface area (Å²) in [7, 11) is 0. The second kappa shape index (κ2) is 6.63. The topological polar surface area (TPSA) is 86.3 Å². The molecular weight excluding hydrogens is 364 g/mol. The molecule has 1 unspecified atom stereocenters. The molecule has 2 aromatic rings. The third-order valence-electron chi connectivity index (χ3n) is 5.06. The van der Waals surface area contributed by atoms with Crippen molar-refractivity contribution in [2.75, 3.05) is 31.6 Å². The van der Waals surface area contributed by atoms with Crippen LogP contribution in [0.15, 0.2) is 36.4 Å². The van der Waals surface area contributed by atoms with Gasteiger partial charge < -0.3 is 29.2 Å². The van der Waals surface area contributed by atoms with Crippen LogP contribution in [0, 0.1) is 5.92 Å². The molecule has 5 rings (SSSR count). The quantitative estimate of drug-likeness (QED) is 0.870. The largest absolute Gasteiger partial charge is 0.454 e. The summed E-state index contributed by atoms with van der Waals surface area (Å²) in [5.41, 5.74) is 1.28. The van der Waals surface area contributed by atoms with Crippen LogP contribution in [0.5, 0.6) is 23.0 Å². The molecule has 8 nitrogen and oxygen atoms in total. The van der Waals surface area contributed by atoms with Gasteiger partial charge in [-0.15, -0.1) is 0 Å². The lowest BCUT2D eigenvalue weighted by molar-refractivity contribution is -0.117. The Balaban J connectivity index is 1.21. The number of nitrogens with one attached hydrogen (secondary N) is 1. The van der Waals surface area contributed by atoms with E-state index >= 15 is 0 Å². The van der Waals surface area contributed by atoms with E-state index in [9.17, 15) is 9.59 Å². The van der Waals surface area contributed by atoms with Gasteiger partial charge in [0, 0.05) is 42.7 Å². The molecule has 8 heteroatoms. The van der Waals surface area contributed by atoms with E-state index in [1.807, 2.05) is 12.1 Å². The Hall–Kier alpha value is -3.42. The minimum atomic E-state index is -0.202. The molecule has 3 heterocycles. The van der Waals surface area contributed by atoms with Crippen molar-refractivity contribution in [1.29, 1.82) is 0 Å². The molecule has 2 aromatic carbocycles. The Morgan fingerprint density at radius 2 is 1.64 bits per heavy atom. The summed E-state index contributed by atoms with van der Waals surface area (Å²) in [6, 6.07) is 10.5. The molecule has 1 atom stereocenters. The van der Waals surface area contributed by atoms with Gasteiger partial charge in [0.15, 0.2) is 23.0 Å². The monoisotopic (exact) mass is 382 g/mol. The predicted molar refractivity (Wildman–Crippen MR) is 97.9 cm³/mol. The highest BCUT2D eigenvalue weighted by Gasteiger charge is 2.31. The molecule has 3 aliphatic rings. The Kier molecular flexibility index (Phi) is 3.96. The van der Waals surface area contributed by atoms with Crippen molar-refractivity contribution in [3.63, 3.8) is 0 Å². The van der Waals surface area contributed by atoms with Crippen LogP contribution in [0.4, 0.5) is 5.69 Å². The maximum absolute atomic E-state index is 12.4. The molecule has 3 aliphatic heterocycles. The number of carbonyl (C=O) groups excluding carboxylic acids is 2. The summed E-state index contributed by atoms with van der Waals surface area (Å²) < 4.78 is 21.3. The zero-order chi connectivity index (χ0) is 19.1. The molecule has 0 bridgehead atoms. The molecule has 0 radical (unpaired) electrons. The Bertz CT molecular complexity index is 960. The fourth-order valence-corrected chi connectivity index (χ4v) is 3.60. The maximum Gasteiger partial charge on any atom is 0.251 e. The van der Waals surface area contributed by atoms with Gasteiger partial charge in [0.2, 0.25) is 19.5 Å². The lowest BCUT2D eigenvalue weighted by atomic mass is 10.1. The van der Waals surface area contributed by atoms with Crippen LogP contribution in [0.2, 0.25) is 0 Å². The van der Waals surface area contributed by atoms with Crippen molar-refractivity contribution < 1.29 is 28.5 Å². The minimum Gasteiger partial charge on any atom is -0.454 e. The van der Waals surface area contributed by atoms with Gasteiger partial charge >= 0.3 is 0 Å². The fourth-order valence-electron chi connectivity index (χ4n) is 3.60. The Morgan fingerprint density at radius 1 is 0.964 bits per heavy atom. The first-order chi connectivity index (χ1) is 13.7. The summed E-state index contributed by atoms with van der Waals surface area (Å²) in [6.45, 7) is 1.32. The third-order valence-corrected chi connectivity index (χ3v) is 5.06. The molecular formula is C20H18N2O6. The first kappa shape index (κ1) is 16.7. The molecule has 0 aromatic heterocycles. The van der Waals surface area contributed by atoms with Crippen LogP contribution in [0.3, 0.4) is 0 Å². The van der Waals surface area contributed by atoms with E-state index in [0.29, 0.717) is 48.1 Å². The van der Waals surface area contributed by atoms with Gasteiger partial charge in [-0.05, 0) is 30.3 Å². The standard InChI is InChI=1S/C20H18N2O6/c23-19-5-12(9-22(19)14-2-4-16-18(7-14)28-11-26-16)8-21-20(24)13-1-3-15-17(6-13)27-10-25-15/h1-4,6-7,12H,5,8-11H2,(H,21,24). The molecule has 0 spiro atoms. The molecule has 1 saturated heterocycles. The number of hydrogen-bond acceptors (Lipinski definition) is 6. The maximum atomic E-state index is 12.4. The highest BCUT2D eigenvalue weighted by molar-refractivity contribution is 5.97. The summed E-state index contributed by atoms with van der Waals surface area (Å²) in [4.78, 5) is 26.6. The van der Waals surface area contributed by atoms with E-state index in [1.165, 1.54) is 0 Å². The van der Waals surface area contributed by atoms with E-state index < -0.39 is 0 Å². The van der Waals surface area contributed by atoms with Gasteiger partial charge in [-0.25, -0.2) is 0 Å². The van der Waals surface area contributed by atoms with Crippen molar-refractivity contribution in [2.45, 2.75) is 6.42 Å². The summed E-state index contributed by atoms with van der Waals surface area (Å²) in [5.74, 6) is 2.40. The van der Waals surface area contributed by atoms with Crippen molar-refractivity contribution in [1.82, 2.24) is 5.32 Å². The number of benzene rings is 2. The summed E-state index contributed by atoms with van der Waals surface area (Å²) >= 11 is 0. The number of carbonyl (C=O) groups is 2. The van der Waals surface area contributed by atoms with Gasteiger partial charge in [0.1, 0.15) is 0 Å². The lowest BCUT2D eigenvalue weighted by Crippen LogP contribution is -2.31. The zero-order valence-corrected chi connectivity index (χ0v) is 15.0. The Morgan fingerprint density at radius 3 is 2.43 bits per heavy atom. The summed E-state index contributed by atoms with van der Waals surface area (Å²) in [5, 5.41) is 2.91. The molecule has 0 aliphatic carbocycles. The molecule has 1 N–H and O–H groups in total. The first-order valence-corrected chi connectivity index (χ1v) is 9.05. The van der Waals surface area contributed by atoms with E-state index in [0.717, 1.165) is 5.69 Å². The Labute approximate surface area is 160 Å². The number of ether oxygens (including phenoxy) is 4. The van der Waals surface area contributed by atoms with Crippen LogP contribution >= 0.6 is 0 Å². The second-order valence-electron chi connectivity index (χ2n) is 6.89. The smallest absolute Gasteiger partial charge is 0.251 e. The van der Waals surface area contributed by atoms with Crippen LogP contribution < -0.4 is 29.2 Å². The van der Waals surface area contributed by atoms with Crippen LogP contribution in [-0.2, 0) is 4.79 Å². The molecule has 1 fully saturated rings. The number of amides is 2. The van der Waals surface area contributed by atoms with Crippen LogP contribution in [0.1, 0.15) is 16.8 Å². The molecule has 28 heavy (non-hydrogen) atoms. The van der Waals surface area contributed by atoms with E-state index in [2.05, 4.69) is 5.32 Å². The third kappa shape index (κ3) is 2.96. The predicted octanol–water partition coefficient (Wildman–Crippen LogP) is 1.93. The van der Waals surface area contributed by atoms with Crippen molar-refractivity contribution in [3.05, 3.63) is 42.0 Å². The second-order valence-corrected chi connectivity index (χ2v) is 6.89. The lowest BCUT2D eigenvalue weighted by Gasteiger charge is -2.17. The van der Waals surface area contributed by atoms with Gasteiger partial charge in [-0.1, -0.05) is 0 Å². The minimum absolute atomic E-state index is 0.0289. The van der Waals surface area contributed by atoms with Crippen molar-refractivity contribution in [3.8, 4) is 23.0 Å². The van der Waals surface area contributed by atoms with Crippen molar-refractivity contribution >= 4 is 17.5 Å². The van der Waals surface area contributed by atoms with Gasteiger partial charge in [0.05, 0.1) is 0 Å². The van der Waals surface area contributed by atoms with Gasteiger partial charge in [0.25, 0.3) is 5.91 Å².